The van der Waals surface area contributed by atoms with E-state index >= 15 is 0 Å². The van der Waals surface area contributed by atoms with Crippen LogP contribution in [-0.4, -0.2) is 34.3 Å². The summed E-state index contributed by atoms with van der Waals surface area (Å²) in [6.45, 7) is 3.85. The maximum Gasteiger partial charge on any atom is 0.417 e. The Morgan fingerprint density at radius 3 is 2.63 bits per heavy atom. The van der Waals surface area contributed by atoms with Crippen molar-refractivity contribution in [2.45, 2.75) is 63.7 Å². The van der Waals surface area contributed by atoms with Gasteiger partial charge in [-0.25, -0.2) is 10.4 Å². The highest BCUT2D eigenvalue weighted by Crippen LogP contribution is 2.43. The number of halogens is 3. The lowest BCUT2D eigenvalue weighted by Gasteiger charge is -2.38. The van der Waals surface area contributed by atoms with Crippen molar-refractivity contribution < 1.29 is 18.0 Å². The van der Waals surface area contributed by atoms with Crippen LogP contribution in [0, 0.1) is 11.8 Å². The Kier molecular flexibility index (Phi) is 4.64. The molecule has 2 saturated heterocycles. The molecule has 1 saturated carbocycles. The van der Waals surface area contributed by atoms with Gasteiger partial charge in [0.1, 0.15) is 0 Å². The van der Waals surface area contributed by atoms with Gasteiger partial charge in [-0.2, -0.15) is 13.2 Å². The van der Waals surface area contributed by atoms with Crippen molar-refractivity contribution in [3.63, 3.8) is 0 Å². The Hall–Kier alpha value is -1.71. The summed E-state index contributed by atoms with van der Waals surface area (Å²) in [6, 6.07) is 2.32. The molecular weight excluding hydrogens is 359 g/mol. The predicted molar refractivity (Wildman–Crippen MR) is 91.8 cm³/mol. The lowest BCUT2D eigenvalue weighted by molar-refractivity contribution is -0.138. The normalized spacial score (nSPS) is 32.9. The first-order valence-corrected chi connectivity index (χ1v) is 9.43. The van der Waals surface area contributed by atoms with Crippen LogP contribution in [0.2, 0.25) is 0 Å². The van der Waals surface area contributed by atoms with Crippen LogP contribution in [0.5, 0.6) is 0 Å². The first-order valence-electron chi connectivity index (χ1n) is 9.43. The molecule has 27 heavy (non-hydrogen) atoms. The standard InChI is InChI=1S/C18H24F3N5O/c1-3-13(12-7-6-11(8-22-12)18(19,20)21)26-16-14(15(25-26)10-4-5-10)17(27)24-9(2)23-16/h6-10,13-16,23,25H,3-5H2,1-2H3,(H,24,27)/t9?,13-,14?,15?,16?/m0/s1. The summed E-state index contributed by atoms with van der Waals surface area (Å²) in [5, 5.41) is 8.36. The molecule has 3 N–H and O–H groups in total. The summed E-state index contributed by atoms with van der Waals surface area (Å²) in [5.74, 6) is 0.257. The van der Waals surface area contributed by atoms with Crippen molar-refractivity contribution in [1.82, 2.24) is 26.1 Å². The van der Waals surface area contributed by atoms with Crippen molar-refractivity contribution in [1.29, 1.82) is 0 Å². The van der Waals surface area contributed by atoms with Gasteiger partial charge >= 0.3 is 6.18 Å². The summed E-state index contributed by atoms with van der Waals surface area (Å²) in [7, 11) is 0. The van der Waals surface area contributed by atoms with Gasteiger partial charge in [0.2, 0.25) is 5.91 Å². The van der Waals surface area contributed by atoms with E-state index in [0.29, 0.717) is 18.0 Å². The summed E-state index contributed by atoms with van der Waals surface area (Å²) in [5.41, 5.74) is 3.30. The highest BCUT2D eigenvalue weighted by atomic mass is 19.4. The molecule has 4 rings (SSSR count). The van der Waals surface area contributed by atoms with E-state index in [1.807, 2.05) is 18.9 Å². The summed E-state index contributed by atoms with van der Waals surface area (Å²) in [4.78, 5) is 16.7. The zero-order valence-electron chi connectivity index (χ0n) is 15.3. The van der Waals surface area contributed by atoms with Gasteiger partial charge in [-0.05, 0) is 44.2 Å². The summed E-state index contributed by atoms with van der Waals surface area (Å²) < 4.78 is 38.5. The fourth-order valence-electron chi connectivity index (χ4n) is 4.26. The molecule has 0 spiro atoms. The zero-order chi connectivity index (χ0) is 19.3. The molecule has 1 aromatic rings. The van der Waals surface area contributed by atoms with Gasteiger partial charge in [0.25, 0.3) is 0 Å². The lowest BCUT2D eigenvalue weighted by Crippen LogP contribution is -2.63. The van der Waals surface area contributed by atoms with Crippen LogP contribution in [0.25, 0.3) is 0 Å². The highest BCUT2D eigenvalue weighted by molar-refractivity contribution is 5.81. The average molecular weight is 383 g/mol. The van der Waals surface area contributed by atoms with Gasteiger partial charge in [-0.15, -0.1) is 0 Å². The van der Waals surface area contributed by atoms with Gasteiger partial charge in [0.15, 0.2) is 0 Å². The van der Waals surface area contributed by atoms with Gasteiger partial charge in [0.05, 0.1) is 35.5 Å². The van der Waals surface area contributed by atoms with E-state index in [1.165, 1.54) is 6.07 Å². The maximum atomic E-state index is 12.8. The quantitative estimate of drug-likeness (QED) is 0.744. The molecule has 2 aliphatic heterocycles. The fraction of sp³-hybridized carbons (Fsp3) is 0.667. The first kappa shape index (κ1) is 18.6. The number of alkyl halides is 3. The zero-order valence-corrected chi connectivity index (χ0v) is 15.3. The molecular formula is C18H24F3N5O. The molecule has 3 heterocycles. The number of carbonyl (C=O) groups excluding carboxylic acids is 1. The Bertz CT molecular complexity index is 706. The van der Waals surface area contributed by atoms with E-state index in [2.05, 4.69) is 21.0 Å². The maximum absolute atomic E-state index is 12.8. The van der Waals surface area contributed by atoms with Gasteiger partial charge in [-0.1, -0.05) is 6.92 Å². The first-order chi connectivity index (χ1) is 12.8. The molecule has 6 nitrogen and oxygen atoms in total. The van der Waals surface area contributed by atoms with Crippen LogP contribution < -0.4 is 16.1 Å². The van der Waals surface area contributed by atoms with E-state index in [4.69, 9.17) is 0 Å². The van der Waals surface area contributed by atoms with E-state index in [9.17, 15) is 18.0 Å². The monoisotopic (exact) mass is 383 g/mol. The average Bonchev–Trinajstić information content (AvgIpc) is 3.38. The van der Waals surface area contributed by atoms with Crippen molar-refractivity contribution in [2.75, 3.05) is 0 Å². The van der Waals surface area contributed by atoms with Crippen molar-refractivity contribution >= 4 is 5.91 Å². The number of hydrogen-bond donors (Lipinski definition) is 3. The topological polar surface area (TPSA) is 69.3 Å². The molecule has 1 aromatic heterocycles. The second kappa shape index (κ2) is 6.72. The number of amides is 1. The number of aromatic nitrogens is 1. The largest absolute Gasteiger partial charge is 0.417 e. The molecule has 4 unspecified atom stereocenters. The summed E-state index contributed by atoms with van der Waals surface area (Å²) in [6.07, 6.45) is -1.07. The molecule has 3 aliphatic rings. The van der Waals surface area contributed by atoms with E-state index in [1.54, 1.807) is 0 Å². The molecule has 5 atom stereocenters. The highest BCUT2D eigenvalue weighted by Gasteiger charge is 2.55. The van der Waals surface area contributed by atoms with Crippen LogP contribution in [0.15, 0.2) is 18.3 Å². The SMILES string of the molecule is CC[C@@H](c1ccc(C(F)(F)F)cn1)N1NC(C2CC2)C2C(=O)NC(C)NC21. The second-order valence-corrected chi connectivity index (χ2v) is 7.66. The Balaban J connectivity index is 1.62. The van der Waals surface area contributed by atoms with Crippen molar-refractivity contribution in [3.05, 3.63) is 29.6 Å². The number of hydrogen-bond acceptors (Lipinski definition) is 5. The third kappa shape index (κ3) is 3.43. The van der Waals surface area contributed by atoms with Crippen LogP contribution in [0.4, 0.5) is 13.2 Å². The Morgan fingerprint density at radius 2 is 2.07 bits per heavy atom. The minimum atomic E-state index is -4.40. The van der Waals surface area contributed by atoms with Crippen molar-refractivity contribution in [3.8, 4) is 0 Å². The molecule has 0 radical (unpaired) electrons. The number of nitrogens with one attached hydrogen (secondary N) is 3. The lowest BCUT2D eigenvalue weighted by atomic mass is 9.91. The molecule has 3 fully saturated rings. The number of rotatable bonds is 4. The molecule has 1 aliphatic carbocycles. The predicted octanol–water partition coefficient (Wildman–Crippen LogP) is 2.16. The number of hydrazine groups is 1. The van der Waals surface area contributed by atoms with E-state index in [0.717, 1.165) is 25.1 Å². The minimum Gasteiger partial charge on any atom is -0.341 e. The minimum absolute atomic E-state index is 0.0216. The van der Waals surface area contributed by atoms with Crippen LogP contribution in [0.3, 0.4) is 0 Å². The molecule has 9 heteroatoms. The van der Waals surface area contributed by atoms with Gasteiger partial charge < -0.3 is 5.32 Å². The number of pyridine rings is 1. The fourth-order valence-corrected chi connectivity index (χ4v) is 4.26. The molecule has 148 valence electrons. The van der Waals surface area contributed by atoms with Gasteiger partial charge in [0, 0.05) is 12.2 Å². The Labute approximate surface area is 155 Å². The van der Waals surface area contributed by atoms with Crippen LogP contribution >= 0.6 is 0 Å². The number of nitrogens with zero attached hydrogens (tertiary/aromatic N) is 2. The second-order valence-electron chi connectivity index (χ2n) is 7.66. The summed E-state index contributed by atoms with van der Waals surface area (Å²) >= 11 is 0. The van der Waals surface area contributed by atoms with Crippen LogP contribution in [-0.2, 0) is 11.0 Å². The smallest absolute Gasteiger partial charge is 0.341 e. The molecule has 0 bridgehead atoms. The number of fused-ring (bicyclic) bond motifs is 1. The molecule has 0 aromatic carbocycles. The third-order valence-corrected chi connectivity index (χ3v) is 5.71. The van der Waals surface area contributed by atoms with Crippen molar-refractivity contribution in [2.24, 2.45) is 11.8 Å². The Morgan fingerprint density at radius 1 is 1.33 bits per heavy atom. The van der Waals surface area contributed by atoms with E-state index in [-0.39, 0.29) is 36.2 Å². The van der Waals surface area contributed by atoms with Gasteiger partial charge in [-0.3, -0.25) is 15.1 Å². The van der Waals surface area contributed by atoms with Crippen LogP contribution in [0.1, 0.15) is 50.4 Å². The number of carbonyl (C=O) groups is 1. The van der Waals surface area contributed by atoms with E-state index < -0.39 is 11.7 Å². The third-order valence-electron chi connectivity index (χ3n) is 5.71. The molecule has 1 amide bonds.